The van der Waals surface area contributed by atoms with E-state index in [0.29, 0.717) is 10.9 Å². The Labute approximate surface area is 123 Å². The summed E-state index contributed by atoms with van der Waals surface area (Å²) in [5.41, 5.74) is -1.22. The Bertz CT molecular complexity index is 772. The van der Waals surface area contributed by atoms with Crippen LogP contribution in [0.5, 0.6) is 5.75 Å². The van der Waals surface area contributed by atoms with Gasteiger partial charge in [0.15, 0.2) is 0 Å². The van der Waals surface area contributed by atoms with E-state index in [2.05, 4.69) is 5.32 Å². The van der Waals surface area contributed by atoms with Crippen molar-refractivity contribution >= 4 is 16.9 Å². The van der Waals surface area contributed by atoms with Gasteiger partial charge in [-0.1, -0.05) is 18.2 Å². The van der Waals surface area contributed by atoms with Crippen LogP contribution in [0, 0.1) is 0 Å². The molecule has 0 bridgehead atoms. The molecule has 1 fully saturated rings. The number of phenols is 1. The highest BCUT2D eigenvalue weighted by Crippen LogP contribution is 2.41. The molecular weight excluding hydrogens is 299 g/mol. The van der Waals surface area contributed by atoms with Crippen LogP contribution in [0.4, 0.5) is 18.0 Å². The Morgan fingerprint density at radius 3 is 2.59 bits per heavy atom. The minimum atomic E-state index is -4.65. The average Bonchev–Trinajstić information content (AvgIpc) is 2.77. The number of carbonyl (C=O) groups is 1. The molecule has 116 valence electrons. The number of fused-ring (bicyclic) bond motifs is 1. The van der Waals surface area contributed by atoms with Gasteiger partial charge in [-0.2, -0.15) is 13.2 Å². The number of nitrogens with one attached hydrogen (secondary N) is 1. The minimum absolute atomic E-state index is 0.0925. The third kappa shape index (κ3) is 2.22. The first kappa shape index (κ1) is 14.5. The van der Waals surface area contributed by atoms with Crippen LogP contribution < -0.4 is 5.32 Å². The molecule has 22 heavy (non-hydrogen) atoms. The predicted molar refractivity (Wildman–Crippen MR) is 72.5 cm³/mol. The lowest BCUT2D eigenvalue weighted by molar-refractivity contribution is -0.137. The zero-order valence-corrected chi connectivity index (χ0v) is 11.5. The van der Waals surface area contributed by atoms with E-state index in [0.717, 1.165) is 6.07 Å². The zero-order valence-electron chi connectivity index (χ0n) is 11.5. The van der Waals surface area contributed by atoms with E-state index in [4.69, 9.17) is 4.74 Å². The van der Waals surface area contributed by atoms with E-state index in [-0.39, 0.29) is 12.0 Å². The van der Waals surface area contributed by atoms with Gasteiger partial charge in [-0.05, 0) is 35.4 Å². The molecule has 1 amide bonds. The third-order valence-corrected chi connectivity index (χ3v) is 3.79. The molecule has 1 atom stereocenters. The number of alkyl carbamates (subject to hydrolysis) is 1. The fourth-order valence-corrected chi connectivity index (χ4v) is 2.62. The Kier molecular flexibility index (Phi) is 2.98. The van der Waals surface area contributed by atoms with Crippen LogP contribution in [0.3, 0.4) is 0 Å². The highest BCUT2D eigenvalue weighted by Gasteiger charge is 2.38. The molecule has 0 aliphatic carbocycles. The average molecular weight is 311 g/mol. The summed E-state index contributed by atoms with van der Waals surface area (Å²) in [6, 6.07) is 6.76. The molecule has 1 aliphatic rings. The van der Waals surface area contributed by atoms with Crippen LogP contribution in [0.15, 0.2) is 30.3 Å². The number of phenolic OH excluding ortho intramolecular Hbond substituents is 1. The lowest BCUT2D eigenvalue weighted by Crippen LogP contribution is -2.37. The van der Waals surface area contributed by atoms with Crippen molar-refractivity contribution < 1.29 is 27.8 Å². The molecule has 2 aromatic carbocycles. The SMILES string of the molecule is CC1(c2ccc3c(C(F)(F)F)c(O)ccc3c2)COC(=O)N1. The number of halogens is 3. The predicted octanol–water partition coefficient (Wildman–Crippen LogP) is 3.52. The number of alkyl halides is 3. The fourth-order valence-electron chi connectivity index (χ4n) is 2.62. The van der Waals surface area contributed by atoms with Crippen LogP contribution in [0.25, 0.3) is 10.8 Å². The molecule has 3 rings (SSSR count). The maximum absolute atomic E-state index is 13.1. The van der Waals surface area contributed by atoms with Gasteiger partial charge in [-0.15, -0.1) is 0 Å². The van der Waals surface area contributed by atoms with Gasteiger partial charge < -0.3 is 15.2 Å². The summed E-state index contributed by atoms with van der Waals surface area (Å²) in [7, 11) is 0. The summed E-state index contributed by atoms with van der Waals surface area (Å²) in [6.45, 7) is 1.83. The van der Waals surface area contributed by atoms with E-state index in [9.17, 15) is 23.1 Å². The van der Waals surface area contributed by atoms with Gasteiger partial charge >= 0.3 is 12.3 Å². The Balaban J connectivity index is 2.17. The largest absolute Gasteiger partial charge is 0.507 e. The highest BCUT2D eigenvalue weighted by atomic mass is 19.4. The van der Waals surface area contributed by atoms with Gasteiger partial charge in [-0.3, -0.25) is 0 Å². The van der Waals surface area contributed by atoms with E-state index in [1.54, 1.807) is 13.0 Å². The summed E-state index contributed by atoms with van der Waals surface area (Å²) < 4.78 is 44.1. The van der Waals surface area contributed by atoms with E-state index < -0.39 is 29.1 Å². The second-order valence-corrected chi connectivity index (χ2v) is 5.43. The molecule has 0 saturated carbocycles. The number of hydrogen-bond acceptors (Lipinski definition) is 3. The van der Waals surface area contributed by atoms with Gasteiger partial charge in [0.2, 0.25) is 0 Å². The van der Waals surface area contributed by atoms with Crippen LogP contribution in [0.2, 0.25) is 0 Å². The monoisotopic (exact) mass is 311 g/mol. The first-order valence-corrected chi connectivity index (χ1v) is 6.49. The summed E-state index contributed by atoms with van der Waals surface area (Å²) in [4.78, 5) is 11.2. The molecule has 2 aromatic rings. The molecule has 1 unspecified atom stereocenters. The Hall–Kier alpha value is -2.44. The van der Waals surface area contributed by atoms with E-state index in [1.165, 1.54) is 18.2 Å². The van der Waals surface area contributed by atoms with Gasteiger partial charge in [0.05, 0.1) is 5.54 Å². The number of ether oxygens (including phenoxy) is 1. The third-order valence-electron chi connectivity index (χ3n) is 3.79. The van der Waals surface area contributed by atoms with Crippen molar-refractivity contribution in [3.05, 3.63) is 41.5 Å². The van der Waals surface area contributed by atoms with Crippen LogP contribution in [-0.2, 0) is 16.5 Å². The molecule has 1 saturated heterocycles. The van der Waals surface area contributed by atoms with Crippen molar-refractivity contribution in [1.82, 2.24) is 5.32 Å². The van der Waals surface area contributed by atoms with Gasteiger partial charge in [0, 0.05) is 0 Å². The smallest absolute Gasteiger partial charge is 0.420 e. The maximum atomic E-state index is 13.1. The van der Waals surface area contributed by atoms with Crippen molar-refractivity contribution in [3.8, 4) is 5.75 Å². The van der Waals surface area contributed by atoms with Crippen LogP contribution in [0.1, 0.15) is 18.1 Å². The van der Waals surface area contributed by atoms with Crippen molar-refractivity contribution in [3.63, 3.8) is 0 Å². The highest BCUT2D eigenvalue weighted by molar-refractivity contribution is 5.89. The number of amides is 1. The van der Waals surface area contributed by atoms with Gasteiger partial charge in [-0.25, -0.2) is 4.79 Å². The minimum Gasteiger partial charge on any atom is -0.507 e. The van der Waals surface area contributed by atoms with Crippen LogP contribution in [-0.4, -0.2) is 17.8 Å². The molecule has 2 N–H and O–H groups in total. The Morgan fingerprint density at radius 1 is 1.27 bits per heavy atom. The number of cyclic esters (lactones) is 1. The normalized spacial score (nSPS) is 21.7. The summed E-state index contributed by atoms with van der Waals surface area (Å²) >= 11 is 0. The van der Waals surface area contributed by atoms with E-state index >= 15 is 0 Å². The quantitative estimate of drug-likeness (QED) is 0.847. The molecule has 1 aliphatic heterocycles. The second kappa shape index (κ2) is 4.53. The van der Waals surface area contributed by atoms with Crippen molar-refractivity contribution in [2.24, 2.45) is 0 Å². The van der Waals surface area contributed by atoms with Gasteiger partial charge in [0.25, 0.3) is 0 Å². The molecule has 4 nitrogen and oxygen atoms in total. The molecule has 0 aromatic heterocycles. The number of benzene rings is 2. The summed E-state index contributed by atoms with van der Waals surface area (Å²) in [5.74, 6) is -0.809. The van der Waals surface area contributed by atoms with Crippen molar-refractivity contribution in [2.45, 2.75) is 18.6 Å². The molecule has 7 heteroatoms. The van der Waals surface area contributed by atoms with Crippen molar-refractivity contribution in [1.29, 1.82) is 0 Å². The fraction of sp³-hybridized carbons (Fsp3) is 0.267. The first-order valence-electron chi connectivity index (χ1n) is 6.49. The second-order valence-electron chi connectivity index (χ2n) is 5.43. The lowest BCUT2D eigenvalue weighted by Gasteiger charge is -2.22. The summed E-state index contributed by atoms with van der Waals surface area (Å²) in [6.07, 6.45) is -5.22. The maximum Gasteiger partial charge on any atom is 0.420 e. The first-order chi connectivity index (χ1) is 10.2. The number of hydrogen-bond donors (Lipinski definition) is 2. The molecule has 0 spiro atoms. The molecule has 0 radical (unpaired) electrons. The molecule has 1 heterocycles. The van der Waals surface area contributed by atoms with Crippen LogP contribution >= 0.6 is 0 Å². The lowest BCUT2D eigenvalue weighted by atomic mass is 9.90. The standard InChI is InChI=1S/C15H12F3NO3/c1-14(7-22-13(21)19-14)9-3-4-10-8(6-9)2-5-11(20)12(10)15(16,17)18/h2-6,20H,7H2,1H3,(H,19,21). The number of carbonyl (C=O) groups excluding carboxylic acids is 1. The van der Waals surface area contributed by atoms with Gasteiger partial charge in [0.1, 0.15) is 17.9 Å². The topological polar surface area (TPSA) is 58.6 Å². The number of aromatic hydroxyl groups is 1. The van der Waals surface area contributed by atoms with E-state index in [1.807, 2.05) is 0 Å². The zero-order chi connectivity index (χ0) is 16.1. The molecular formula is C15H12F3NO3. The number of rotatable bonds is 1. The summed E-state index contributed by atoms with van der Waals surface area (Å²) in [5, 5.41) is 12.4. The Morgan fingerprint density at radius 2 is 2.00 bits per heavy atom. The van der Waals surface area contributed by atoms with Crippen molar-refractivity contribution in [2.75, 3.05) is 6.61 Å².